The number of halogens is 1. The molecule has 12 heavy (non-hydrogen) atoms. The molecule has 2 unspecified atom stereocenters. The normalized spacial score (nSPS) is 17.0. The summed E-state index contributed by atoms with van der Waals surface area (Å²) in [5.41, 5.74) is 0. The van der Waals surface area contributed by atoms with Crippen LogP contribution in [0.1, 0.15) is 34.1 Å². The molecule has 1 nitrogen and oxygen atoms in total. The SMILES string of the molecule is CC(I)C(C)CCN(C)C(C)C. The Morgan fingerprint density at radius 1 is 1.17 bits per heavy atom. The highest BCUT2D eigenvalue weighted by atomic mass is 127. The highest BCUT2D eigenvalue weighted by molar-refractivity contribution is 14.1. The quantitative estimate of drug-likeness (QED) is 0.553. The molecule has 74 valence electrons. The lowest BCUT2D eigenvalue weighted by molar-refractivity contribution is 0.255. The summed E-state index contributed by atoms with van der Waals surface area (Å²) in [6.45, 7) is 10.4. The molecule has 0 heterocycles. The van der Waals surface area contributed by atoms with E-state index in [0.717, 1.165) is 9.84 Å². The smallest absolute Gasteiger partial charge is 0.0107 e. The molecule has 0 saturated carbocycles. The van der Waals surface area contributed by atoms with E-state index in [9.17, 15) is 0 Å². The van der Waals surface area contributed by atoms with Crippen molar-refractivity contribution < 1.29 is 0 Å². The van der Waals surface area contributed by atoms with Crippen LogP contribution < -0.4 is 0 Å². The van der Waals surface area contributed by atoms with E-state index in [1.165, 1.54) is 13.0 Å². The second-order valence-corrected chi connectivity index (χ2v) is 5.98. The Morgan fingerprint density at radius 2 is 1.67 bits per heavy atom. The van der Waals surface area contributed by atoms with Crippen molar-refractivity contribution in [3.8, 4) is 0 Å². The topological polar surface area (TPSA) is 3.24 Å². The van der Waals surface area contributed by atoms with Gasteiger partial charge >= 0.3 is 0 Å². The van der Waals surface area contributed by atoms with E-state index >= 15 is 0 Å². The van der Waals surface area contributed by atoms with Crippen LogP contribution in [0.5, 0.6) is 0 Å². The van der Waals surface area contributed by atoms with Gasteiger partial charge in [0, 0.05) is 9.97 Å². The first kappa shape index (κ1) is 12.7. The molecule has 0 rings (SSSR count). The van der Waals surface area contributed by atoms with Crippen molar-refractivity contribution >= 4 is 22.6 Å². The Labute approximate surface area is 91.0 Å². The molecule has 0 saturated heterocycles. The van der Waals surface area contributed by atoms with Crippen molar-refractivity contribution in [3.63, 3.8) is 0 Å². The highest BCUT2D eigenvalue weighted by Crippen LogP contribution is 2.16. The molecule has 2 heteroatoms. The van der Waals surface area contributed by atoms with Crippen LogP contribution in [-0.2, 0) is 0 Å². The van der Waals surface area contributed by atoms with Gasteiger partial charge in [0.25, 0.3) is 0 Å². The number of alkyl halides is 1. The first-order valence-electron chi connectivity index (χ1n) is 4.79. The number of hydrogen-bond acceptors (Lipinski definition) is 1. The van der Waals surface area contributed by atoms with Gasteiger partial charge in [-0.15, -0.1) is 0 Å². The first-order chi connectivity index (χ1) is 5.45. The minimum Gasteiger partial charge on any atom is -0.304 e. The van der Waals surface area contributed by atoms with Crippen molar-refractivity contribution in [3.05, 3.63) is 0 Å². The van der Waals surface area contributed by atoms with Crippen LogP contribution in [0.25, 0.3) is 0 Å². The summed E-state index contributed by atoms with van der Waals surface area (Å²) in [4.78, 5) is 2.41. The van der Waals surface area contributed by atoms with Crippen molar-refractivity contribution in [2.45, 2.75) is 44.1 Å². The third kappa shape index (κ3) is 5.36. The molecule has 0 aliphatic carbocycles. The van der Waals surface area contributed by atoms with Crippen LogP contribution in [0.4, 0.5) is 0 Å². The van der Waals surface area contributed by atoms with Crippen LogP contribution >= 0.6 is 22.6 Å². The number of hydrogen-bond donors (Lipinski definition) is 0. The second-order valence-electron chi connectivity index (χ2n) is 4.02. The summed E-state index contributed by atoms with van der Waals surface area (Å²) < 4.78 is 0.795. The van der Waals surface area contributed by atoms with Gasteiger partial charge < -0.3 is 4.90 Å². The molecule has 0 aliphatic heterocycles. The maximum absolute atomic E-state index is 2.51. The molecular weight excluding hydrogens is 261 g/mol. The summed E-state index contributed by atoms with van der Waals surface area (Å²) in [7, 11) is 2.20. The predicted octanol–water partition coefficient (Wildman–Crippen LogP) is 3.18. The van der Waals surface area contributed by atoms with Gasteiger partial charge in [0.05, 0.1) is 0 Å². The molecule has 0 aromatic rings. The van der Waals surface area contributed by atoms with Gasteiger partial charge in [-0.25, -0.2) is 0 Å². The third-order valence-corrected chi connectivity index (χ3v) is 3.83. The summed E-state index contributed by atoms with van der Waals surface area (Å²) in [6, 6.07) is 0.682. The van der Waals surface area contributed by atoms with E-state index in [1.807, 2.05) is 0 Å². The predicted molar refractivity (Wildman–Crippen MR) is 65.0 cm³/mol. The monoisotopic (exact) mass is 283 g/mol. The fraction of sp³-hybridized carbons (Fsp3) is 1.00. The van der Waals surface area contributed by atoms with Gasteiger partial charge in [0.2, 0.25) is 0 Å². The van der Waals surface area contributed by atoms with Gasteiger partial charge in [-0.05, 0) is 39.8 Å². The summed E-state index contributed by atoms with van der Waals surface area (Å²) in [5, 5.41) is 0. The van der Waals surface area contributed by atoms with Crippen LogP contribution in [-0.4, -0.2) is 28.5 Å². The average molecular weight is 283 g/mol. The second kappa shape index (κ2) is 6.19. The Balaban J connectivity index is 3.54. The molecule has 0 N–H and O–H groups in total. The maximum atomic E-state index is 2.51. The van der Waals surface area contributed by atoms with E-state index in [-0.39, 0.29) is 0 Å². The molecule has 0 bridgehead atoms. The van der Waals surface area contributed by atoms with Gasteiger partial charge in [-0.1, -0.05) is 36.4 Å². The highest BCUT2D eigenvalue weighted by Gasteiger charge is 2.10. The molecule has 0 aromatic heterocycles. The van der Waals surface area contributed by atoms with E-state index in [1.54, 1.807) is 0 Å². The molecule has 0 radical (unpaired) electrons. The van der Waals surface area contributed by atoms with E-state index in [2.05, 4.69) is 62.2 Å². The fourth-order valence-electron chi connectivity index (χ4n) is 0.895. The lowest BCUT2D eigenvalue weighted by Crippen LogP contribution is -2.29. The summed E-state index contributed by atoms with van der Waals surface area (Å²) in [6.07, 6.45) is 1.32. The molecule has 2 atom stereocenters. The lowest BCUT2D eigenvalue weighted by atomic mass is 10.0. The van der Waals surface area contributed by atoms with Crippen LogP contribution in [0.3, 0.4) is 0 Å². The van der Waals surface area contributed by atoms with Crippen molar-refractivity contribution in [1.82, 2.24) is 4.90 Å². The Kier molecular flexibility index (Phi) is 6.55. The third-order valence-electron chi connectivity index (χ3n) is 2.60. The van der Waals surface area contributed by atoms with Gasteiger partial charge in [-0.2, -0.15) is 0 Å². The molecule has 0 fully saturated rings. The van der Waals surface area contributed by atoms with Crippen LogP contribution in [0, 0.1) is 5.92 Å². The first-order valence-corrected chi connectivity index (χ1v) is 6.04. The van der Waals surface area contributed by atoms with Crippen molar-refractivity contribution in [1.29, 1.82) is 0 Å². The van der Waals surface area contributed by atoms with Crippen molar-refractivity contribution in [2.75, 3.05) is 13.6 Å². The average Bonchev–Trinajstić information content (AvgIpc) is 1.98. The van der Waals surface area contributed by atoms with E-state index in [0.29, 0.717) is 6.04 Å². The Morgan fingerprint density at radius 3 is 2.00 bits per heavy atom. The molecular formula is C10H22IN. The molecule has 0 aromatic carbocycles. The van der Waals surface area contributed by atoms with Crippen LogP contribution in [0.15, 0.2) is 0 Å². The lowest BCUT2D eigenvalue weighted by Gasteiger charge is -2.23. The van der Waals surface area contributed by atoms with E-state index in [4.69, 9.17) is 0 Å². The zero-order valence-electron chi connectivity index (χ0n) is 8.97. The zero-order valence-corrected chi connectivity index (χ0v) is 11.1. The molecule has 0 aliphatic rings. The number of nitrogens with zero attached hydrogens (tertiary/aromatic N) is 1. The Hall–Kier alpha value is 0.690. The molecule has 0 spiro atoms. The fourth-order valence-corrected chi connectivity index (χ4v) is 1.25. The van der Waals surface area contributed by atoms with Gasteiger partial charge in [-0.3, -0.25) is 0 Å². The zero-order chi connectivity index (χ0) is 9.72. The summed E-state index contributed by atoms with van der Waals surface area (Å²) >= 11 is 2.51. The summed E-state index contributed by atoms with van der Waals surface area (Å²) in [5.74, 6) is 0.840. The minimum absolute atomic E-state index is 0.682. The number of rotatable bonds is 5. The van der Waals surface area contributed by atoms with Crippen LogP contribution in [0.2, 0.25) is 0 Å². The molecule has 0 amide bonds. The van der Waals surface area contributed by atoms with Crippen molar-refractivity contribution in [2.24, 2.45) is 5.92 Å². The standard InChI is InChI=1S/C10H22IN/c1-8(2)12(5)7-6-9(3)10(4)11/h8-10H,6-7H2,1-5H3. The minimum atomic E-state index is 0.682. The van der Waals surface area contributed by atoms with Gasteiger partial charge in [0.1, 0.15) is 0 Å². The van der Waals surface area contributed by atoms with E-state index < -0.39 is 0 Å². The largest absolute Gasteiger partial charge is 0.304 e. The maximum Gasteiger partial charge on any atom is 0.0107 e. The van der Waals surface area contributed by atoms with Gasteiger partial charge in [0.15, 0.2) is 0 Å². The Bertz CT molecular complexity index is 98.4.